The molecule has 35 heavy (non-hydrogen) atoms. The molecule has 1 aliphatic rings. The smallest absolute Gasteiger partial charge is 0.265 e. The van der Waals surface area contributed by atoms with Crippen LogP contribution < -0.4 is 4.90 Å². The van der Waals surface area contributed by atoms with Crippen molar-refractivity contribution in [1.29, 1.82) is 0 Å². The summed E-state index contributed by atoms with van der Waals surface area (Å²) < 4.78 is 13.7. The van der Waals surface area contributed by atoms with Gasteiger partial charge in [0.25, 0.3) is 11.8 Å². The van der Waals surface area contributed by atoms with Crippen LogP contribution >= 0.6 is 23.6 Å². The SMILES string of the molecule is CN1C(=O)C(=Cc2ccc(N(c3ccc(F)cc3)c3cccc4ccccc34)s2)C(=O)N(C)C1=S. The first-order valence-corrected chi connectivity index (χ1v) is 12.0. The van der Waals surface area contributed by atoms with E-state index in [0.717, 1.165) is 32.0 Å². The molecular formula is C27H20FN3O2S2. The molecule has 4 aromatic rings. The van der Waals surface area contributed by atoms with Crippen molar-refractivity contribution in [1.82, 2.24) is 9.80 Å². The van der Waals surface area contributed by atoms with E-state index in [1.54, 1.807) is 32.3 Å². The molecule has 1 fully saturated rings. The molecule has 2 amide bonds. The maximum Gasteiger partial charge on any atom is 0.265 e. The Labute approximate surface area is 211 Å². The topological polar surface area (TPSA) is 43.9 Å². The Morgan fingerprint density at radius 2 is 1.51 bits per heavy atom. The van der Waals surface area contributed by atoms with Gasteiger partial charge in [0.2, 0.25) is 0 Å². The van der Waals surface area contributed by atoms with Crippen molar-refractivity contribution in [2.75, 3.05) is 19.0 Å². The fourth-order valence-corrected chi connectivity index (χ4v) is 5.19. The van der Waals surface area contributed by atoms with E-state index < -0.39 is 11.8 Å². The number of carbonyl (C=O) groups is 2. The number of halogens is 1. The summed E-state index contributed by atoms with van der Waals surface area (Å²) in [6.07, 6.45) is 1.60. The molecule has 174 valence electrons. The van der Waals surface area contributed by atoms with E-state index in [1.165, 1.54) is 33.3 Å². The lowest BCUT2D eigenvalue weighted by Gasteiger charge is -2.31. The summed E-state index contributed by atoms with van der Waals surface area (Å²) in [6.45, 7) is 0. The number of hydrogen-bond acceptors (Lipinski definition) is 5. The minimum atomic E-state index is -0.433. The average molecular weight is 502 g/mol. The Kier molecular flexibility index (Phi) is 5.92. The lowest BCUT2D eigenvalue weighted by molar-refractivity contribution is -0.132. The number of hydrogen-bond donors (Lipinski definition) is 0. The molecule has 0 unspecified atom stereocenters. The van der Waals surface area contributed by atoms with Crippen LogP contribution in [0.5, 0.6) is 0 Å². The molecule has 1 aromatic heterocycles. The summed E-state index contributed by atoms with van der Waals surface area (Å²) in [4.78, 5) is 30.8. The first-order chi connectivity index (χ1) is 16.8. The first-order valence-electron chi connectivity index (χ1n) is 10.8. The maximum atomic E-state index is 13.7. The second-order valence-electron chi connectivity index (χ2n) is 8.06. The van der Waals surface area contributed by atoms with E-state index in [0.29, 0.717) is 0 Å². The van der Waals surface area contributed by atoms with Crippen LogP contribution in [0.3, 0.4) is 0 Å². The number of thiocarbonyl (C=S) groups is 1. The number of likely N-dealkylation sites (N-methyl/N-ethyl adjacent to an activating group) is 2. The molecule has 8 heteroatoms. The van der Waals surface area contributed by atoms with Crippen molar-refractivity contribution in [2.24, 2.45) is 0 Å². The molecule has 0 spiro atoms. The standard InChI is InChI=1S/C27H20FN3O2S2/c1-29-25(32)22(26(33)30(2)27(29)34)16-20-14-15-24(35-20)31(19-12-10-18(28)11-13-19)23-9-5-7-17-6-3-4-8-21(17)23/h3-16H,1-2H3. The van der Waals surface area contributed by atoms with Crippen LogP contribution in [0.4, 0.5) is 20.8 Å². The van der Waals surface area contributed by atoms with Gasteiger partial charge in [-0.25, -0.2) is 4.39 Å². The van der Waals surface area contributed by atoms with Gasteiger partial charge < -0.3 is 4.90 Å². The van der Waals surface area contributed by atoms with Crippen LogP contribution in [0, 0.1) is 5.82 Å². The van der Waals surface area contributed by atoms with Gasteiger partial charge in [-0.1, -0.05) is 36.4 Å². The summed E-state index contributed by atoms with van der Waals surface area (Å²) >= 11 is 6.60. The Morgan fingerprint density at radius 1 is 0.857 bits per heavy atom. The molecule has 0 atom stereocenters. The average Bonchev–Trinajstić information content (AvgIpc) is 3.34. The van der Waals surface area contributed by atoms with Crippen LogP contribution in [0.25, 0.3) is 16.8 Å². The van der Waals surface area contributed by atoms with Crippen molar-refractivity contribution in [3.05, 3.63) is 95.1 Å². The van der Waals surface area contributed by atoms with Crippen LogP contribution in [0.2, 0.25) is 0 Å². The summed E-state index contributed by atoms with van der Waals surface area (Å²) in [6, 6.07) is 24.2. The minimum Gasteiger partial charge on any atom is -0.301 e. The second-order valence-corrected chi connectivity index (χ2v) is 9.51. The molecule has 0 bridgehead atoms. The van der Waals surface area contributed by atoms with Crippen LogP contribution in [0.1, 0.15) is 4.88 Å². The van der Waals surface area contributed by atoms with Crippen LogP contribution in [0.15, 0.2) is 84.4 Å². The Bertz CT molecular complexity index is 1480. The molecule has 5 nitrogen and oxygen atoms in total. The van der Waals surface area contributed by atoms with E-state index in [-0.39, 0.29) is 16.5 Å². The normalized spacial score (nSPS) is 14.1. The van der Waals surface area contributed by atoms with Crippen molar-refractivity contribution in [3.8, 4) is 0 Å². The molecule has 1 aliphatic heterocycles. The number of benzene rings is 3. The zero-order chi connectivity index (χ0) is 24.7. The third-order valence-electron chi connectivity index (χ3n) is 5.86. The lowest BCUT2D eigenvalue weighted by atomic mass is 10.1. The van der Waals surface area contributed by atoms with E-state index >= 15 is 0 Å². The third-order valence-corrected chi connectivity index (χ3v) is 7.42. The molecule has 5 rings (SSSR count). The third kappa shape index (κ3) is 4.11. The van der Waals surface area contributed by atoms with Gasteiger partial charge in [0, 0.05) is 30.0 Å². The first kappa shape index (κ1) is 22.9. The highest BCUT2D eigenvalue weighted by Crippen LogP contribution is 2.42. The Morgan fingerprint density at radius 3 is 2.23 bits per heavy atom. The largest absolute Gasteiger partial charge is 0.301 e. The number of carbonyl (C=O) groups excluding carboxylic acids is 2. The predicted octanol–water partition coefficient (Wildman–Crippen LogP) is 6.11. The number of anilines is 3. The van der Waals surface area contributed by atoms with Gasteiger partial charge in [0.15, 0.2) is 5.11 Å². The zero-order valence-electron chi connectivity index (χ0n) is 18.9. The van der Waals surface area contributed by atoms with Gasteiger partial charge in [-0.3, -0.25) is 19.4 Å². The summed E-state index contributed by atoms with van der Waals surface area (Å²) in [5.74, 6) is -1.18. The lowest BCUT2D eigenvalue weighted by Crippen LogP contribution is -2.52. The monoisotopic (exact) mass is 501 g/mol. The van der Waals surface area contributed by atoms with Gasteiger partial charge in [-0.05, 0) is 66.1 Å². The van der Waals surface area contributed by atoms with Gasteiger partial charge in [0.05, 0.1) is 5.69 Å². The van der Waals surface area contributed by atoms with Crippen molar-refractivity contribution in [2.45, 2.75) is 0 Å². The molecule has 0 aliphatic carbocycles. The highest BCUT2D eigenvalue weighted by molar-refractivity contribution is 7.80. The number of amides is 2. The summed E-state index contributed by atoms with van der Waals surface area (Å²) in [7, 11) is 3.11. The van der Waals surface area contributed by atoms with Gasteiger partial charge in [0.1, 0.15) is 16.4 Å². The van der Waals surface area contributed by atoms with E-state index in [4.69, 9.17) is 12.2 Å². The van der Waals surface area contributed by atoms with Crippen LogP contribution in [-0.2, 0) is 9.59 Å². The number of nitrogens with zero attached hydrogens (tertiary/aromatic N) is 3. The zero-order valence-corrected chi connectivity index (χ0v) is 20.6. The highest BCUT2D eigenvalue weighted by atomic mass is 32.1. The molecule has 0 radical (unpaired) electrons. The summed E-state index contributed by atoms with van der Waals surface area (Å²) in [5, 5.41) is 3.15. The molecule has 1 saturated heterocycles. The molecule has 3 aromatic carbocycles. The fourth-order valence-electron chi connectivity index (χ4n) is 4.04. The second kappa shape index (κ2) is 9.05. The van der Waals surface area contributed by atoms with E-state index in [1.807, 2.05) is 59.5 Å². The highest BCUT2D eigenvalue weighted by Gasteiger charge is 2.35. The number of rotatable bonds is 4. The minimum absolute atomic E-state index is 0.0514. The number of thiophene rings is 1. The summed E-state index contributed by atoms with van der Waals surface area (Å²) in [5.41, 5.74) is 1.78. The molecule has 2 heterocycles. The number of fused-ring (bicyclic) bond motifs is 1. The van der Waals surface area contributed by atoms with Crippen molar-refractivity contribution < 1.29 is 14.0 Å². The van der Waals surface area contributed by atoms with Crippen LogP contribution in [-0.4, -0.2) is 40.8 Å². The quantitative estimate of drug-likeness (QED) is 0.192. The van der Waals surface area contributed by atoms with Gasteiger partial charge in [-0.15, -0.1) is 11.3 Å². The Balaban J connectivity index is 1.62. The molecular weight excluding hydrogens is 481 g/mol. The molecule has 0 N–H and O–H groups in total. The van der Waals surface area contributed by atoms with E-state index in [2.05, 4.69) is 0 Å². The van der Waals surface area contributed by atoms with Crippen molar-refractivity contribution in [3.63, 3.8) is 0 Å². The van der Waals surface area contributed by atoms with Gasteiger partial charge >= 0.3 is 0 Å². The van der Waals surface area contributed by atoms with Gasteiger partial charge in [-0.2, -0.15) is 0 Å². The molecule has 0 saturated carbocycles. The Hall–Kier alpha value is -3.88. The fraction of sp³-hybridized carbons (Fsp3) is 0.0741. The van der Waals surface area contributed by atoms with E-state index in [9.17, 15) is 14.0 Å². The van der Waals surface area contributed by atoms with Crippen molar-refractivity contribution >= 4 is 73.7 Å². The predicted molar refractivity (Wildman–Crippen MR) is 143 cm³/mol. The maximum absolute atomic E-state index is 13.7.